The summed E-state index contributed by atoms with van der Waals surface area (Å²) in [4.78, 5) is 4.46. The van der Waals surface area contributed by atoms with Crippen LogP contribution in [0.5, 0.6) is 0 Å². The van der Waals surface area contributed by atoms with E-state index in [-0.39, 0.29) is 6.61 Å². The molecule has 0 spiro atoms. The lowest BCUT2D eigenvalue weighted by Gasteiger charge is -2.53. The SMILES string of the molecule is NC(CO)c1noc(C2C3CC4CC(C3)CC2C4)n1. The van der Waals surface area contributed by atoms with Crippen LogP contribution in [-0.2, 0) is 0 Å². The first-order valence-electron chi connectivity index (χ1n) is 7.44. The Bertz CT molecular complexity index is 445. The Morgan fingerprint density at radius 3 is 2.37 bits per heavy atom. The van der Waals surface area contributed by atoms with Crippen LogP contribution in [-0.4, -0.2) is 21.9 Å². The van der Waals surface area contributed by atoms with Gasteiger partial charge in [0.25, 0.3) is 0 Å². The molecule has 0 amide bonds. The zero-order valence-corrected chi connectivity index (χ0v) is 11.0. The Morgan fingerprint density at radius 1 is 1.16 bits per heavy atom. The summed E-state index contributed by atoms with van der Waals surface area (Å²) in [5.41, 5.74) is 5.75. The molecule has 1 aromatic heterocycles. The number of aliphatic hydroxyl groups is 1. The van der Waals surface area contributed by atoms with Crippen LogP contribution in [0.15, 0.2) is 4.52 Å². The van der Waals surface area contributed by atoms with Crippen LogP contribution >= 0.6 is 0 Å². The number of hydrogen-bond acceptors (Lipinski definition) is 5. The molecule has 0 radical (unpaired) electrons. The Morgan fingerprint density at radius 2 is 1.79 bits per heavy atom. The molecule has 4 bridgehead atoms. The molecule has 1 aromatic rings. The van der Waals surface area contributed by atoms with Crippen molar-refractivity contribution in [1.82, 2.24) is 10.1 Å². The average Bonchev–Trinajstić information content (AvgIpc) is 2.86. The summed E-state index contributed by atoms with van der Waals surface area (Å²) in [6.07, 6.45) is 6.79. The van der Waals surface area contributed by atoms with Gasteiger partial charge in [0, 0.05) is 5.92 Å². The number of hydrogen-bond donors (Lipinski definition) is 2. The van der Waals surface area contributed by atoms with Crippen LogP contribution in [0.4, 0.5) is 0 Å². The predicted octanol–water partition coefficient (Wildman–Crippen LogP) is 1.60. The highest BCUT2D eigenvalue weighted by molar-refractivity contribution is 5.09. The standard InChI is InChI=1S/C14H21N3O2/c15-11(6-18)13-16-14(19-17-13)12-9-2-7-1-8(4-9)5-10(12)3-7/h7-12,18H,1-6,15H2. The fourth-order valence-corrected chi connectivity index (χ4v) is 4.94. The molecule has 104 valence electrons. The summed E-state index contributed by atoms with van der Waals surface area (Å²) in [6.45, 7) is -0.138. The normalized spacial score (nSPS) is 41.7. The number of nitrogens with zero attached hydrogens (tertiary/aromatic N) is 2. The van der Waals surface area contributed by atoms with E-state index < -0.39 is 6.04 Å². The van der Waals surface area contributed by atoms with Crippen LogP contribution in [0.25, 0.3) is 0 Å². The van der Waals surface area contributed by atoms with Crippen LogP contribution < -0.4 is 5.73 Å². The van der Waals surface area contributed by atoms with Gasteiger partial charge in [-0.15, -0.1) is 0 Å². The summed E-state index contributed by atoms with van der Waals surface area (Å²) in [5, 5.41) is 13.0. The van der Waals surface area contributed by atoms with E-state index in [1.165, 1.54) is 32.1 Å². The molecule has 4 aliphatic carbocycles. The molecule has 1 atom stereocenters. The van der Waals surface area contributed by atoms with Gasteiger partial charge in [-0.05, 0) is 55.8 Å². The lowest BCUT2D eigenvalue weighted by Crippen LogP contribution is -2.43. The van der Waals surface area contributed by atoms with Gasteiger partial charge in [-0.1, -0.05) is 5.16 Å². The fraction of sp³-hybridized carbons (Fsp3) is 0.857. The van der Waals surface area contributed by atoms with Crippen LogP contribution in [0.1, 0.15) is 55.8 Å². The van der Waals surface area contributed by atoms with Gasteiger partial charge in [0.05, 0.1) is 12.6 Å². The molecule has 4 fully saturated rings. The molecule has 3 N–H and O–H groups in total. The molecular formula is C14H21N3O2. The maximum absolute atomic E-state index is 9.06. The number of aromatic nitrogens is 2. The van der Waals surface area contributed by atoms with Gasteiger partial charge in [-0.3, -0.25) is 0 Å². The maximum Gasteiger partial charge on any atom is 0.230 e. The first-order chi connectivity index (χ1) is 9.24. The Kier molecular flexibility index (Phi) is 2.67. The van der Waals surface area contributed by atoms with Crippen molar-refractivity contribution in [2.24, 2.45) is 29.4 Å². The number of nitrogens with two attached hydrogens (primary N) is 1. The van der Waals surface area contributed by atoms with E-state index in [9.17, 15) is 0 Å². The molecular weight excluding hydrogens is 242 g/mol. The second-order valence-corrected chi connectivity index (χ2v) is 6.74. The van der Waals surface area contributed by atoms with Gasteiger partial charge in [0.1, 0.15) is 0 Å². The molecule has 4 aliphatic rings. The first kappa shape index (κ1) is 11.9. The molecule has 0 aliphatic heterocycles. The predicted molar refractivity (Wildman–Crippen MR) is 68.1 cm³/mol. The van der Waals surface area contributed by atoms with E-state index in [2.05, 4.69) is 10.1 Å². The van der Waals surface area contributed by atoms with Crippen molar-refractivity contribution >= 4 is 0 Å². The molecule has 5 rings (SSSR count). The van der Waals surface area contributed by atoms with E-state index in [1.54, 1.807) is 0 Å². The lowest BCUT2D eigenvalue weighted by molar-refractivity contribution is -0.0131. The summed E-state index contributed by atoms with van der Waals surface area (Å²) in [5.74, 6) is 5.02. The van der Waals surface area contributed by atoms with Crippen molar-refractivity contribution in [2.45, 2.75) is 44.1 Å². The van der Waals surface area contributed by atoms with E-state index in [0.717, 1.165) is 29.6 Å². The third-order valence-corrected chi connectivity index (χ3v) is 5.50. The molecule has 1 heterocycles. The average molecular weight is 263 g/mol. The summed E-state index contributed by atoms with van der Waals surface area (Å²) >= 11 is 0. The van der Waals surface area contributed by atoms with E-state index >= 15 is 0 Å². The molecule has 0 aromatic carbocycles. The quantitative estimate of drug-likeness (QED) is 0.865. The Hall–Kier alpha value is -0.940. The van der Waals surface area contributed by atoms with Crippen molar-refractivity contribution in [1.29, 1.82) is 0 Å². The van der Waals surface area contributed by atoms with Crippen molar-refractivity contribution in [3.05, 3.63) is 11.7 Å². The minimum Gasteiger partial charge on any atom is -0.394 e. The van der Waals surface area contributed by atoms with Gasteiger partial charge in [0.2, 0.25) is 5.89 Å². The van der Waals surface area contributed by atoms with Crippen LogP contribution in [0.3, 0.4) is 0 Å². The molecule has 19 heavy (non-hydrogen) atoms. The van der Waals surface area contributed by atoms with E-state index in [0.29, 0.717) is 11.7 Å². The highest BCUT2D eigenvalue weighted by Crippen LogP contribution is 2.59. The van der Waals surface area contributed by atoms with Crippen LogP contribution in [0, 0.1) is 23.7 Å². The zero-order chi connectivity index (χ0) is 13.0. The van der Waals surface area contributed by atoms with Gasteiger partial charge in [0.15, 0.2) is 5.82 Å². The largest absolute Gasteiger partial charge is 0.394 e. The Balaban J connectivity index is 1.60. The minimum absolute atomic E-state index is 0.138. The smallest absolute Gasteiger partial charge is 0.230 e. The molecule has 5 heteroatoms. The van der Waals surface area contributed by atoms with Crippen molar-refractivity contribution < 1.29 is 9.63 Å². The highest BCUT2D eigenvalue weighted by atomic mass is 16.5. The number of rotatable bonds is 3. The van der Waals surface area contributed by atoms with Crippen molar-refractivity contribution in [2.75, 3.05) is 6.61 Å². The summed E-state index contributed by atoms with van der Waals surface area (Å²) in [7, 11) is 0. The van der Waals surface area contributed by atoms with Crippen molar-refractivity contribution in [3.63, 3.8) is 0 Å². The number of aliphatic hydroxyl groups excluding tert-OH is 1. The van der Waals surface area contributed by atoms with Gasteiger partial charge in [-0.2, -0.15) is 4.98 Å². The fourth-order valence-electron chi connectivity index (χ4n) is 4.94. The zero-order valence-electron chi connectivity index (χ0n) is 11.0. The first-order valence-corrected chi connectivity index (χ1v) is 7.44. The van der Waals surface area contributed by atoms with E-state index in [1.807, 2.05) is 0 Å². The summed E-state index contributed by atoms with van der Waals surface area (Å²) in [6, 6.07) is -0.519. The molecule has 0 saturated heterocycles. The van der Waals surface area contributed by atoms with Gasteiger partial charge >= 0.3 is 0 Å². The van der Waals surface area contributed by atoms with Gasteiger partial charge in [-0.25, -0.2) is 0 Å². The monoisotopic (exact) mass is 263 g/mol. The molecule has 1 unspecified atom stereocenters. The second kappa shape index (κ2) is 4.28. The molecule has 5 nitrogen and oxygen atoms in total. The topological polar surface area (TPSA) is 85.2 Å². The maximum atomic E-state index is 9.06. The third-order valence-electron chi connectivity index (χ3n) is 5.50. The minimum atomic E-state index is -0.519. The highest BCUT2D eigenvalue weighted by Gasteiger charge is 2.50. The molecule has 4 saturated carbocycles. The second-order valence-electron chi connectivity index (χ2n) is 6.74. The van der Waals surface area contributed by atoms with Crippen LogP contribution in [0.2, 0.25) is 0 Å². The Labute approximate surface area is 112 Å². The van der Waals surface area contributed by atoms with Crippen molar-refractivity contribution in [3.8, 4) is 0 Å². The lowest BCUT2D eigenvalue weighted by atomic mass is 9.52. The van der Waals surface area contributed by atoms with Gasteiger partial charge < -0.3 is 15.4 Å². The summed E-state index contributed by atoms with van der Waals surface area (Å²) < 4.78 is 5.46. The third kappa shape index (κ3) is 1.82. The van der Waals surface area contributed by atoms with E-state index in [4.69, 9.17) is 15.4 Å².